The van der Waals surface area contributed by atoms with E-state index in [1.165, 1.54) is 36.4 Å². The molecule has 2 aliphatic rings. The number of likely N-dealkylation sites (N-methyl/N-ethyl adjacent to an activating group) is 2. The smallest absolute Gasteiger partial charge is 0.247 e. The third-order valence-corrected chi connectivity index (χ3v) is 19.0. The summed E-state index contributed by atoms with van der Waals surface area (Å²) in [5.74, 6) is 0.597. The predicted molar refractivity (Wildman–Crippen MR) is 368 cm³/mol. The van der Waals surface area contributed by atoms with Gasteiger partial charge in [0.15, 0.2) is 11.3 Å². The fourth-order valence-corrected chi connectivity index (χ4v) is 11.9. The molecule has 488 valence electrons. The maximum Gasteiger partial charge on any atom is 0.247 e. The minimum atomic E-state index is -1.29. The highest BCUT2D eigenvalue weighted by Gasteiger charge is 2.25. The summed E-state index contributed by atoms with van der Waals surface area (Å²) in [7, 11) is 4.94. The van der Waals surface area contributed by atoms with E-state index in [9.17, 15) is 13.6 Å². The van der Waals surface area contributed by atoms with Crippen molar-refractivity contribution in [2.24, 2.45) is 0 Å². The number of fused-ring (bicyclic) bond motifs is 2. The van der Waals surface area contributed by atoms with Gasteiger partial charge in [0.1, 0.15) is 58.9 Å². The van der Waals surface area contributed by atoms with Gasteiger partial charge in [-0.05, 0) is 68.7 Å². The van der Waals surface area contributed by atoms with Gasteiger partial charge in [0.2, 0.25) is 29.6 Å². The molecule has 10 rings (SSSR count). The van der Waals surface area contributed by atoms with Gasteiger partial charge in [-0.25, -0.2) is 8.78 Å². The van der Waals surface area contributed by atoms with E-state index in [2.05, 4.69) is 105 Å². The summed E-state index contributed by atoms with van der Waals surface area (Å²) in [5, 5.41) is 10.7. The lowest BCUT2D eigenvalue weighted by molar-refractivity contribution is -0.111. The number of hydrogen-bond acceptors (Lipinski definition) is 18. The molecule has 0 bridgehead atoms. The summed E-state index contributed by atoms with van der Waals surface area (Å²) in [6.07, 6.45) is 4.54. The highest BCUT2D eigenvalue weighted by Crippen LogP contribution is 2.41. The van der Waals surface area contributed by atoms with Crippen molar-refractivity contribution in [2.75, 3.05) is 125 Å². The molecule has 27 heteroatoms. The molecule has 0 unspecified atom stereocenters. The number of nitrogens with zero attached hydrogens (tertiary/aromatic N) is 10. The predicted octanol–water partition coefficient (Wildman–Crippen LogP) is 14.0. The quantitative estimate of drug-likeness (QED) is 0.0192. The lowest BCUT2D eigenvalue weighted by atomic mass is 10.2. The molecule has 2 aliphatic heterocycles. The Balaban J connectivity index is 0.000000233. The standard InChI is InChI=1S/C33H41ClFN7O4Si.C30H39ClFN7O3Si.CH4/c1-7-29(43)36-23-16-22(35)17-25(18-23)46-32-30-26(34)20-42(21-45-14-15-47(4,5)6)31(30)38-33(39-32)37-27-9-8-24(19-28(27)44-3)41-12-10-40(2)11-13-41;1-37-8-10-38(11-9-37)22-6-7-25(26(17-22)40-2)34-30-35-28-27(24(31)18-39(28)19-41-12-13-43(3,4)5)29(36-30)42-23-15-20(32)14-21(33)16-23;/h7-9,16-20H,1,10-15,21H2,2-6H3,(H,36,43)(H,37,38,39);6-7,14-18H,8-13,19,33H2,1-5H3,(H,34,35,36);1H4. The van der Waals surface area contributed by atoms with Gasteiger partial charge in [0.05, 0.1) is 35.6 Å². The molecule has 6 heterocycles. The Kier molecular flexibility index (Phi) is 23.2. The second kappa shape index (κ2) is 30.6. The average Bonchev–Trinajstić information content (AvgIpc) is 1.76. The molecular formula is C64H84Cl2F2N14O7Si2. The van der Waals surface area contributed by atoms with Gasteiger partial charge in [0, 0.05) is 153 Å². The van der Waals surface area contributed by atoms with Crippen molar-refractivity contribution in [3.05, 3.63) is 120 Å². The monoisotopic (exact) mass is 1320 g/mol. The third-order valence-electron chi connectivity index (χ3n) is 15.0. The maximum atomic E-state index is 14.6. The van der Waals surface area contributed by atoms with Crippen molar-refractivity contribution in [1.82, 2.24) is 38.9 Å². The summed E-state index contributed by atoms with van der Waals surface area (Å²) < 4.78 is 68.1. The number of benzene rings is 4. The van der Waals surface area contributed by atoms with E-state index >= 15 is 0 Å². The van der Waals surface area contributed by atoms with E-state index in [0.29, 0.717) is 68.2 Å². The van der Waals surface area contributed by atoms with E-state index in [1.54, 1.807) is 31.2 Å². The van der Waals surface area contributed by atoms with Crippen LogP contribution in [0.15, 0.2) is 97.8 Å². The Morgan fingerprint density at radius 2 is 1.05 bits per heavy atom. The number of nitrogen functional groups attached to an aromatic ring is 1. The zero-order chi connectivity index (χ0) is 64.4. The van der Waals surface area contributed by atoms with Gasteiger partial charge in [-0.1, -0.05) is 76.5 Å². The molecule has 2 saturated heterocycles. The number of anilines is 8. The number of aromatic nitrogens is 6. The molecule has 1 amide bonds. The Labute approximate surface area is 543 Å². The normalized spacial score (nSPS) is 14.0. The molecule has 0 saturated carbocycles. The van der Waals surface area contributed by atoms with Crippen LogP contribution in [0.2, 0.25) is 61.4 Å². The Bertz CT molecular complexity index is 3810. The van der Waals surface area contributed by atoms with Crippen LogP contribution in [0.25, 0.3) is 22.1 Å². The first-order valence-electron chi connectivity index (χ1n) is 29.6. The van der Waals surface area contributed by atoms with Crippen LogP contribution in [0.4, 0.5) is 54.8 Å². The highest BCUT2D eigenvalue weighted by molar-refractivity contribution is 6.76. The number of rotatable bonds is 24. The van der Waals surface area contributed by atoms with Crippen LogP contribution in [0, 0.1) is 11.6 Å². The highest BCUT2D eigenvalue weighted by atomic mass is 35.5. The number of carbonyl (C=O) groups is 1. The molecular weight excluding hydrogens is 1240 g/mol. The average molecular weight is 1330 g/mol. The third kappa shape index (κ3) is 18.7. The van der Waals surface area contributed by atoms with Crippen LogP contribution in [0.3, 0.4) is 0 Å². The van der Waals surface area contributed by atoms with Crippen LogP contribution in [-0.4, -0.2) is 155 Å². The maximum absolute atomic E-state index is 14.6. The Hall–Kier alpha value is -7.76. The van der Waals surface area contributed by atoms with Crippen molar-refractivity contribution in [3.63, 3.8) is 0 Å². The number of carbonyl (C=O) groups excluding carboxylic acids is 1. The largest absolute Gasteiger partial charge is 0.494 e. The van der Waals surface area contributed by atoms with E-state index in [-0.39, 0.29) is 67.4 Å². The minimum absolute atomic E-state index is 0. The van der Waals surface area contributed by atoms with Gasteiger partial charge >= 0.3 is 0 Å². The fraction of sp³-hybridized carbons (Fsp3) is 0.391. The van der Waals surface area contributed by atoms with Crippen LogP contribution in [0.5, 0.6) is 34.8 Å². The molecule has 0 aliphatic carbocycles. The van der Waals surface area contributed by atoms with Crippen LogP contribution in [0.1, 0.15) is 7.43 Å². The molecule has 0 atom stereocenters. The number of nitrogens with one attached hydrogen (secondary N) is 3. The summed E-state index contributed by atoms with van der Waals surface area (Å²) in [5.41, 5.74) is 10.7. The zero-order valence-corrected chi connectivity index (χ0v) is 56.2. The number of halogens is 4. The van der Waals surface area contributed by atoms with Gasteiger partial charge in [-0.3, -0.25) is 4.79 Å². The first-order chi connectivity index (χ1) is 42.9. The molecule has 5 N–H and O–H groups in total. The van der Waals surface area contributed by atoms with Crippen molar-refractivity contribution in [2.45, 2.75) is 72.3 Å². The minimum Gasteiger partial charge on any atom is -0.494 e. The molecule has 0 radical (unpaired) electrons. The topological polar surface area (TPSA) is 209 Å². The molecule has 4 aromatic carbocycles. The van der Waals surface area contributed by atoms with Crippen molar-refractivity contribution in [3.8, 4) is 34.8 Å². The van der Waals surface area contributed by atoms with Crippen LogP contribution in [-0.2, 0) is 27.7 Å². The van der Waals surface area contributed by atoms with Gasteiger partial charge in [-0.15, -0.1) is 0 Å². The lowest BCUT2D eigenvalue weighted by Gasteiger charge is -2.34. The lowest BCUT2D eigenvalue weighted by Crippen LogP contribution is -2.44. The van der Waals surface area contributed by atoms with Crippen molar-refractivity contribution < 1.29 is 42.0 Å². The van der Waals surface area contributed by atoms with Gasteiger partial charge in [0.25, 0.3) is 0 Å². The first kappa shape index (κ1) is 69.1. The van der Waals surface area contributed by atoms with Gasteiger partial charge < -0.3 is 78.8 Å². The van der Waals surface area contributed by atoms with Crippen LogP contribution >= 0.6 is 23.2 Å². The second-order valence-electron chi connectivity index (χ2n) is 24.6. The number of ether oxygens (including phenoxy) is 6. The number of piperazine rings is 2. The van der Waals surface area contributed by atoms with E-state index in [0.717, 1.165) is 81.9 Å². The van der Waals surface area contributed by atoms with E-state index in [4.69, 9.17) is 67.3 Å². The zero-order valence-electron chi connectivity index (χ0n) is 52.7. The number of nitrogens with two attached hydrogens (primary N) is 1. The molecule has 4 aromatic heterocycles. The fourth-order valence-electron chi connectivity index (χ4n) is 9.84. The number of amides is 1. The summed E-state index contributed by atoms with van der Waals surface area (Å²) >= 11 is 13.4. The summed E-state index contributed by atoms with van der Waals surface area (Å²) in [6, 6.07) is 21.8. The Morgan fingerprint density at radius 3 is 1.46 bits per heavy atom. The second-order valence-corrected chi connectivity index (χ2v) is 36.6. The number of methoxy groups -OCH3 is 2. The molecule has 21 nitrogen and oxygen atoms in total. The Morgan fingerprint density at radius 1 is 0.626 bits per heavy atom. The van der Waals surface area contributed by atoms with E-state index < -0.39 is 33.7 Å². The van der Waals surface area contributed by atoms with E-state index in [1.807, 2.05) is 41.0 Å². The summed E-state index contributed by atoms with van der Waals surface area (Å²) in [4.78, 5) is 40.0. The van der Waals surface area contributed by atoms with Crippen molar-refractivity contribution in [1.29, 1.82) is 0 Å². The number of hydrogen-bond donors (Lipinski definition) is 4. The SMILES string of the molecule is C.C=CC(=O)Nc1cc(F)cc(Oc2nc(Nc3ccc(N4CCN(C)CC4)cc3OC)nc3c2c(Cl)cn3COCC[Si](C)(C)C)c1.COc1cc(N2CCN(C)CC2)ccc1Nc1nc(Oc2cc(N)cc(F)c2)c2c(Cl)cn(COCC[Si](C)(C)C)c2n1. The van der Waals surface area contributed by atoms with Crippen LogP contribution < -0.4 is 50.4 Å². The first-order valence-corrected chi connectivity index (χ1v) is 37.8. The molecule has 8 aromatic rings. The summed E-state index contributed by atoms with van der Waals surface area (Å²) in [6.45, 7) is 26.6. The molecule has 0 spiro atoms. The molecule has 91 heavy (non-hydrogen) atoms. The van der Waals surface area contributed by atoms with Crippen molar-refractivity contribution >= 4 is 113 Å². The van der Waals surface area contributed by atoms with Gasteiger partial charge in [-0.2, -0.15) is 19.9 Å². The molecule has 2 fully saturated rings.